The van der Waals surface area contributed by atoms with Crippen LogP contribution in [-0.2, 0) is 6.42 Å². The van der Waals surface area contributed by atoms with Crippen LogP contribution in [0.25, 0.3) is 16.9 Å². The van der Waals surface area contributed by atoms with Gasteiger partial charge in [-0.15, -0.1) is 11.3 Å². The number of carbonyl (C=O) groups excluding carboxylic acids is 1. The summed E-state index contributed by atoms with van der Waals surface area (Å²) >= 11 is 1.68. The molecule has 4 aromatic rings. The van der Waals surface area contributed by atoms with Crippen molar-refractivity contribution in [2.24, 2.45) is 0 Å². The van der Waals surface area contributed by atoms with Crippen molar-refractivity contribution in [1.29, 1.82) is 0 Å². The molecule has 140 valence electrons. The van der Waals surface area contributed by atoms with Crippen molar-refractivity contribution in [1.82, 2.24) is 19.9 Å². The SMILES string of the molecule is O=C(NCCc1cccs1)c1cnn2c(-c3ccc4c(c3)OCO4)ccnc12. The molecule has 1 aliphatic rings. The summed E-state index contributed by atoms with van der Waals surface area (Å²) in [4.78, 5) is 18.2. The highest BCUT2D eigenvalue weighted by Crippen LogP contribution is 2.35. The molecule has 1 aromatic carbocycles. The second kappa shape index (κ2) is 6.97. The highest BCUT2D eigenvalue weighted by molar-refractivity contribution is 7.09. The number of hydrogen-bond donors (Lipinski definition) is 1. The molecule has 0 saturated carbocycles. The van der Waals surface area contributed by atoms with Gasteiger partial charge in [-0.05, 0) is 42.1 Å². The van der Waals surface area contributed by atoms with Crippen molar-refractivity contribution in [2.45, 2.75) is 6.42 Å². The van der Waals surface area contributed by atoms with E-state index in [2.05, 4.69) is 21.5 Å². The lowest BCUT2D eigenvalue weighted by Gasteiger charge is -2.06. The Bertz CT molecular complexity index is 1150. The molecule has 4 heterocycles. The van der Waals surface area contributed by atoms with Gasteiger partial charge in [-0.3, -0.25) is 4.79 Å². The number of rotatable bonds is 5. The van der Waals surface area contributed by atoms with Gasteiger partial charge in [0.25, 0.3) is 5.91 Å². The Balaban J connectivity index is 1.41. The summed E-state index contributed by atoms with van der Waals surface area (Å²) in [5.41, 5.74) is 2.70. The van der Waals surface area contributed by atoms with Crippen LogP contribution in [0.4, 0.5) is 0 Å². The maximum Gasteiger partial charge on any atom is 0.256 e. The average Bonchev–Trinajstić information content (AvgIpc) is 3.46. The molecule has 7 nitrogen and oxygen atoms in total. The lowest BCUT2D eigenvalue weighted by Crippen LogP contribution is -2.25. The van der Waals surface area contributed by atoms with Crippen molar-refractivity contribution >= 4 is 22.9 Å². The fraction of sp³-hybridized carbons (Fsp3) is 0.150. The van der Waals surface area contributed by atoms with Crippen LogP contribution in [0.5, 0.6) is 11.5 Å². The van der Waals surface area contributed by atoms with Gasteiger partial charge in [0.2, 0.25) is 6.79 Å². The van der Waals surface area contributed by atoms with Crippen LogP contribution in [0, 0.1) is 0 Å². The average molecular weight is 392 g/mol. The first-order valence-electron chi connectivity index (χ1n) is 8.83. The van der Waals surface area contributed by atoms with E-state index >= 15 is 0 Å². The standard InChI is InChI=1S/C20H16N4O3S/c25-20(22-7-5-14-2-1-9-28-14)15-11-23-24-16(6-8-21-19(15)24)13-3-4-17-18(10-13)27-12-26-17/h1-4,6,8-11H,5,7,12H2,(H,22,25). The molecule has 0 bridgehead atoms. The number of thiophene rings is 1. The van der Waals surface area contributed by atoms with E-state index in [-0.39, 0.29) is 12.7 Å². The van der Waals surface area contributed by atoms with E-state index in [1.54, 1.807) is 28.2 Å². The van der Waals surface area contributed by atoms with Crippen LogP contribution in [0.1, 0.15) is 15.2 Å². The minimum atomic E-state index is -0.179. The minimum Gasteiger partial charge on any atom is -0.454 e. The smallest absolute Gasteiger partial charge is 0.256 e. The number of amides is 1. The van der Waals surface area contributed by atoms with Crippen LogP contribution in [-0.4, -0.2) is 33.8 Å². The second-order valence-corrected chi connectivity index (χ2v) is 7.31. The Hall–Kier alpha value is -3.39. The Morgan fingerprint density at radius 3 is 3.04 bits per heavy atom. The molecule has 1 amide bonds. The molecule has 5 rings (SSSR count). The van der Waals surface area contributed by atoms with Crippen LogP contribution in [0.15, 0.2) is 54.2 Å². The number of aromatic nitrogens is 3. The number of ether oxygens (including phenoxy) is 2. The first-order chi connectivity index (χ1) is 13.8. The zero-order chi connectivity index (χ0) is 18.9. The molecule has 0 unspecified atom stereocenters. The number of benzene rings is 1. The largest absolute Gasteiger partial charge is 0.454 e. The number of nitrogens with zero attached hydrogens (tertiary/aromatic N) is 3. The zero-order valence-corrected chi connectivity index (χ0v) is 15.6. The fourth-order valence-corrected chi connectivity index (χ4v) is 3.88. The molecule has 3 aromatic heterocycles. The maximum atomic E-state index is 12.6. The van der Waals surface area contributed by atoms with Crippen LogP contribution < -0.4 is 14.8 Å². The minimum absolute atomic E-state index is 0.179. The first kappa shape index (κ1) is 16.8. The molecule has 0 atom stereocenters. The van der Waals surface area contributed by atoms with Crippen molar-refractivity contribution in [3.63, 3.8) is 0 Å². The lowest BCUT2D eigenvalue weighted by atomic mass is 10.1. The van der Waals surface area contributed by atoms with Gasteiger partial charge in [0.15, 0.2) is 17.1 Å². The molecule has 28 heavy (non-hydrogen) atoms. The van der Waals surface area contributed by atoms with Crippen LogP contribution >= 0.6 is 11.3 Å². The topological polar surface area (TPSA) is 77.8 Å². The second-order valence-electron chi connectivity index (χ2n) is 6.28. The van der Waals surface area contributed by atoms with E-state index < -0.39 is 0 Å². The summed E-state index contributed by atoms with van der Waals surface area (Å²) in [7, 11) is 0. The van der Waals surface area contributed by atoms with Gasteiger partial charge in [-0.25, -0.2) is 9.50 Å². The molecule has 0 radical (unpaired) electrons. The Kier molecular flexibility index (Phi) is 4.17. The van der Waals surface area contributed by atoms with Crippen molar-refractivity contribution in [3.05, 3.63) is 64.6 Å². The molecular formula is C20H16N4O3S. The highest BCUT2D eigenvalue weighted by Gasteiger charge is 2.18. The number of carbonyl (C=O) groups is 1. The van der Waals surface area contributed by atoms with E-state index in [4.69, 9.17) is 9.47 Å². The summed E-state index contributed by atoms with van der Waals surface area (Å²) < 4.78 is 12.5. The van der Waals surface area contributed by atoms with E-state index in [1.165, 1.54) is 4.88 Å². The predicted octanol–water partition coefficient (Wildman–Crippen LogP) is 3.16. The van der Waals surface area contributed by atoms with Crippen LogP contribution in [0.2, 0.25) is 0 Å². The van der Waals surface area contributed by atoms with Gasteiger partial charge >= 0.3 is 0 Å². The van der Waals surface area contributed by atoms with Crippen molar-refractivity contribution < 1.29 is 14.3 Å². The summed E-state index contributed by atoms with van der Waals surface area (Å²) in [6.07, 6.45) is 4.04. The zero-order valence-electron chi connectivity index (χ0n) is 14.8. The summed E-state index contributed by atoms with van der Waals surface area (Å²) in [5.74, 6) is 1.24. The van der Waals surface area contributed by atoms with Crippen molar-refractivity contribution in [3.8, 4) is 22.8 Å². The lowest BCUT2D eigenvalue weighted by molar-refractivity contribution is 0.0955. The molecule has 8 heteroatoms. The van der Waals surface area contributed by atoms with Gasteiger partial charge in [0.05, 0.1) is 11.9 Å². The highest BCUT2D eigenvalue weighted by atomic mass is 32.1. The summed E-state index contributed by atoms with van der Waals surface area (Å²) in [6, 6.07) is 11.6. The number of hydrogen-bond acceptors (Lipinski definition) is 6. The molecular weight excluding hydrogens is 376 g/mol. The number of nitrogens with one attached hydrogen (secondary N) is 1. The molecule has 0 aliphatic carbocycles. The molecule has 0 fully saturated rings. The Morgan fingerprint density at radius 1 is 1.21 bits per heavy atom. The monoisotopic (exact) mass is 392 g/mol. The predicted molar refractivity (Wildman–Crippen MR) is 105 cm³/mol. The Morgan fingerprint density at radius 2 is 2.14 bits per heavy atom. The molecule has 1 N–H and O–H groups in total. The van der Waals surface area contributed by atoms with Gasteiger partial charge in [-0.2, -0.15) is 5.10 Å². The fourth-order valence-electron chi connectivity index (χ4n) is 3.18. The van der Waals surface area contributed by atoms with Gasteiger partial charge < -0.3 is 14.8 Å². The molecule has 0 spiro atoms. The summed E-state index contributed by atoms with van der Waals surface area (Å²) in [5, 5.41) is 9.37. The van der Waals surface area contributed by atoms with Gasteiger partial charge in [0, 0.05) is 23.2 Å². The Labute approximate surface area is 164 Å². The number of fused-ring (bicyclic) bond motifs is 2. The van der Waals surface area contributed by atoms with Gasteiger partial charge in [-0.1, -0.05) is 6.07 Å². The van der Waals surface area contributed by atoms with E-state index in [9.17, 15) is 4.79 Å². The van der Waals surface area contributed by atoms with E-state index in [1.807, 2.05) is 35.7 Å². The first-order valence-corrected chi connectivity index (χ1v) is 9.71. The normalized spacial score (nSPS) is 12.4. The third-order valence-corrected chi connectivity index (χ3v) is 5.49. The molecule has 1 aliphatic heterocycles. The third-order valence-electron chi connectivity index (χ3n) is 4.55. The van der Waals surface area contributed by atoms with Crippen molar-refractivity contribution in [2.75, 3.05) is 13.3 Å². The third kappa shape index (κ3) is 2.97. The maximum absolute atomic E-state index is 12.6. The molecule has 0 saturated heterocycles. The van der Waals surface area contributed by atoms with Crippen LogP contribution in [0.3, 0.4) is 0 Å². The quantitative estimate of drug-likeness (QED) is 0.565. The van der Waals surface area contributed by atoms with Gasteiger partial charge in [0.1, 0.15) is 5.56 Å². The van der Waals surface area contributed by atoms with E-state index in [0.29, 0.717) is 23.5 Å². The van der Waals surface area contributed by atoms with E-state index in [0.717, 1.165) is 23.4 Å². The summed E-state index contributed by atoms with van der Waals surface area (Å²) in [6.45, 7) is 0.792.